The van der Waals surface area contributed by atoms with Gasteiger partial charge in [-0.1, -0.05) is 28.9 Å². The predicted octanol–water partition coefficient (Wildman–Crippen LogP) is 3.51. The predicted molar refractivity (Wildman–Crippen MR) is 65.8 cm³/mol. The Morgan fingerprint density at radius 3 is 2.82 bits per heavy atom. The van der Waals surface area contributed by atoms with Gasteiger partial charge in [0.1, 0.15) is 11.4 Å². The minimum absolute atomic E-state index is 0.217. The van der Waals surface area contributed by atoms with E-state index in [0.717, 1.165) is 16.6 Å². The molecule has 0 saturated heterocycles. The summed E-state index contributed by atoms with van der Waals surface area (Å²) in [5.41, 5.74) is 3.60. The Hall–Kier alpha value is -2.29. The van der Waals surface area contributed by atoms with Gasteiger partial charge in [0.05, 0.1) is 5.39 Å². The van der Waals surface area contributed by atoms with Gasteiger partial charge < -0.3 is 9.63 Å². The van der Waals surface area contributed by atoms with E-state index >= 15 is 0 Å². The molecule has 3 heteroatoms. The quantitative estimate of drug-likeness (QED) is 0.689. The van der Waals surface area contributed by atoms with Crippen molar-refractivity contribution in [3.8, 4) is 17.0 Å². The van der Waals surface area contributed by atoms with Crippen LogP contribution in [0, 0.1) is 6.92 Å². The maximum Gasteiger partial charge on any atom is 0.167 e. The molecule has 2 aromatic carbocycles. The highest BCUT2D eigenvalue weighted by atomic mass is 16.5. The molecule has 0 saturated carbocycles. The van der Waals surface area contributed by atoms with Crippen molar-refractivity contribution in [1.29, 1.82) is 0 Å². The van der Waals surface area contributed by atoms with E-state index < -0.39 is 0 Å². The second kappa shape index (κ2) is 3.63. The maximum absolute atomic E-state index is 9.51. The summed E-state index contributed by atoms with van der Waals surface area (Å²) in [6, 6.07) is 13.0. The Kier molecular flexibility index (Phi) is 2.11. The lowest BCUT2D eigenvalue weighted by Crippen LogP contribution is -1.79. The van der Waals surface area contributed by atoms with Crippen LogP contribution in [0.1, 0.15) is 5.56 Å². The average Bonchev–Trinajstić information content (AvgIpc) is 2.71. The SMILES string of the molecule is Cc1cccc(-c2noc3ccc(O)cc23)c1. The molecule has 84 valence electrons. The first-order valence-electron chi connectivity index (χ1n) is 5.39. The van der Waals surface area contributed by atoms with E-state index in [4.69, 9.17) is 4.52 Å². The molecule has 0 aliphatic carbocycles. The minimum atomic E-state index is 0.217. The fraction of sp³-hybridized carbons (Fsp3) is 0.0714. The summed E-state index contributed by atoms with van der Waals surface area (Å²) in [4.78, 5) is 0. The molecule has 1 heterocycles. The largest absolute Gasteiger partial charge is 0.508 e. The van der Waals surface area contributed by atoms with Gasteiger partial charge in [0, 0.05) is 5.56 Å². The highest BCUT2D eigenvalue weighted by Crippen LogP contribution is 2.30. The van der Waals surface area contributed by atoms with Gasteiger partial charge in [-0.2, -0.15) is 0 Å². The normalized spacial score (nSPS) is 10.9. The van der Waals surface area contributed by atoms with Crippen LogP contribution in [0.3, 0.4) is 0 Å². The molecule has 0 fully saturated rings. The highest BCUT2D eigenvalue weighted by molar-refractivity contribution is 5.92. The topological polar surface area (TPSA) is 46.3 Å². The highest BCUT2D eigenvalue weighted by Gasteiger charge is 2.10. The molecule has 0 amide bonds. The Labute approximate surface area is 98.3 Å². The Bertz CT molecular complexity index is 686. The summed E-state index contributed by atoms with van der Waals surface area (Å²) in [7, 11) is 0. The van der Waals surface area contributed by atoms with Crippen molar-refractivity contribution in [2.24, 2.45) is 0 Å². The molecule has 1 aromatic heterocycles. The number of phenolic OH excluding ortho intramolecular Hbond substituents is 1. The number of hydrogen-bond acceptors (Lipinski definition) is 3. The lowest BCUT2D eigenvalue weighted by atomic mass is 10.1. The van der Waals surface area contributed by atoms with Crippen LogP contribution >= 0.6 is 0 Å². The van der Waals surface area contributed by atoms with E-state index in [-0.39, 0.29) is 5.75 Å². The fourth-order valence-electron chi connectivity index (χ4n) is 1.93. The van der Waals surface area contributed by atoms with Crippen molar-refractivity contribution in [2.75, 3.05) is 0 Å². The molecule has 0 radical (unpaired) electrons. The monoisotopic (exact) mass is 225 g/mol. The zero-order valence-corrected chi connectivity index (χ0v) is 9.34. The Morgan fingerprint density at radius 2 is 2.00 bits per heavy atom. The number of phenols is 1. The molecular weight excluding hydrogens is 214 g/mol. The molecule has 3 rings (SSSR count). The minimum Gasteiger partial charge on any atom is -0.508 e. The standard InChI is InChI=1S/C14H11NO2/c1-9-3-2-4-10(7-9)14-12-8-11(16)5-6-13(12)17-15-14/h2-8,16H,1H3. The third kappa shape index (κ3) is 1.65. The summed E-state index contributed by atoms with van der Waals surface area (Å²) >= 11 is 0. The van der Waals surface area contributed by atoms with Crippen LogP contribution in [-0.4, -0.2) is 10.3 Å². The van der Waals surface area contributed by atoms with Crippen LogP contribution in [0.2, 0.25) is 0 Å². The number of aromatic hydroxyl groups is 1. The maximum atomic E-state index is 9.51. The van der Waals surface area contributed by atoms with Crippen LogP contribution in [0.25, 0.3) is 22.2 Å². The third-order valence-corrected chi connectivity index (χ3v) is 2.75. The van der Waals surface area contributed by atoms with Gasteiger partial charge in [-0.05, 0) is 31.2 Å². The lowest BCUT2D eigenvalue weighted by Gasteiger charge is -1.98. The number of nitrogens with zero attached hydrogens (tertiary/aromatic N) is 1. The van der Waals surface area contributed by atoms with Crippen molar-refractivity contribution >= 4 is 11.0 Å². The number of benzene rings is 2. The van der Waals surface area contributed by atoms with Gasteiger partial charge in [-0.15, -0.1) is 0 Å². The molecule has 3 nitrogen and oxygen atoms in total. The van der Waals surface area contributed by atoms with Gasteiger partial charge in [-0.3, -0.25) is 0 Å². The van der Waals surface area contributed by atoms with E-state index in [1.54, 1.807) is 18.2 Å². The molecule has 3 aromatic rings. The van der Waals surface area contributed by atoms with Gasteiger partial charge in [0.25, 0.3) is 0 Å². The van der Waals surface area contributed by atoms with Gasteiger partial charge in [-0.25, -0.2) is 0 Å². The lowest BCUT2D eigenvalue weighted by molar-refractivity contribution is 0.457. The summed E-state index contributed by atoms with van der Waals surface area (Å²) in [6.07, 6.45) is 0. The molecule has 0 spiro atoms. The van der Waals surface area contributed by atoms with Crippen LogP contribution in [0.15, 0.2) is 47.0 Å². The average molecular weight is 225 g/mol. The van der Waals surface area contributed by atoms with Crippen molar-refractivity contribution in [3.05, 3.63) is 48.0 Å². The molecule has 0 aliphatic heterocycles. The number of fused-ring (bicyclic) bond motifs is 1. The summed E-state index contributed by atoms with van der Waals surface area (Å²) in [5.74, 6) is 0.217. The third-order valence-electron chi connectivity index (χ3n) is 2.75. The fourth-order valence-corrected chi connectivity index (χ4v) is 1.93. The van der Waals surface area contributed by atoms with E-state index in [9.17, 15) is 5.11 Å². The summed E-state index contributed by atoms with van der Waals surface area (Å²) < 4.78 is 5.24. The Balaban J connectivity index is 2.27. The zero-order valence-electron chi connectivity index (χ0n) is 9.34. The molecule has 0 atom stereocenters. The van der Waals surface area contributed by atoms with Crippen molar-refractivity contribution in [3.63, 3.8) is 0 Å². The zero-order chi connectivity index (χ0) is 11.8. The molecular formula is C14H11NO2. The molecule has 0 aliphatic rings. The van der Waals surface area contributed by atoms with Crippen LogP contribution in [0.5, 0.6) is 5.75 Å². The van der Waals surface area contributed by atoms with Crippen molar-refractivity contribution < 1.29 is 9.63 Å². The number of aryl methyl sites for hydroxylation is 1. The summed E-state index contributed by atoms with van der Waals surface area (Å²) in [5, 5.41) is 14.4. The molecule has 0 bridgehead atoms. The second-order valence-electron chi connectivity index (χ2n) is 4.08. The van der Waals surface area contributed by atoms with Crippen molar-refractivity contribution in [2.45, 2.75) is 6.92 Å². The van der Waals surface area contributed by atoms with Crippen LogP contribution in [-0.2, 0) is 0 Å². The van der Waals surface area contributed by atoms with Crippen LogP contribution in [0.4, 0.5) is 0 Å². The van der Waals surface area contributed by atoms with E-state index in [0.29, 0.717) is 5.58 Å². The second-order valence-corrected chi connectivity index (χ2v) is 4.08. The van der Waals surface area contributed by atoms with Crippen LogP contribution < -0.4 is 0 Å². The van der Waals surface area contributed by atoms with Crippen molar-refractivity contribution in [1.82, 2.24) is 5.16 Å². The van der Waals surface area contributed by atoms with Gasteiger partial charge in [0.15, 0.2) is 5.58 Å². The van der Waals surface area contributed by atoms with Gasteiger partial charge in [0.2, 0.25) is 0 Å². The smallest absolute Gasteiger partial charge is 0.167 e. The van der Waals surface area contributed by atoms with E-state index in [1.165, 1.54) is 5.56 Å². The molecule has 1 N–H and O–H groups in total. The first-order valence-corrected chi connectivity index (χ1v) is 5.39. The molecule has 0 unspecified atom stereocenters. The summed E-state index contributed by atoms with van der Waals surface area (Å²) in [6.45, 7) is 2.03. The number of hydrogen-bond donors (Lipinski definition) is 1. The first kappa shape index (κ1) is 9.90. The Morgan fingerprint density at radius 1 is 1.12 bits per heavy atom. The van der Waals surface area contributed by atoms with Gasteiger partial charge >= 0.3 is 0 Å². The first-order chi connectivity index (χ1) is 8.24. The molecule has 17 heavy (non-hydrogen) atoms. The number of aromatic nitrogens is 1. The van der Waals surface area contributed by atoms with E-state index in [2.05, 4.69) is 5.16 Å². The number of rotatable bonds is 1. The van der Waals surface area contributed by atoms with E-state index in [1.807, 2.05) is 31.2 Å².